The van der Waals surface area contributed by atoms with Crippen molar-refractivity contribution in [2.75, 3.05) is 17.2 Å². The molecule has 100 valence electrons. The number of nitrogens with zero attached hydrogens (tertiary/aromatic N) is 3. The lowest BCUT2D eigenvalue weighted by Gasteiger charge is -2.16. The molecule has 0 bridgehead atoms. The monoisotopic (exact) mass is 283 g/mol. The van der Waals surface area contributed by atoms with E-state index in [0.717, 1.165) is 0 Å². The first-order chi connectivity index (χ1) is 8.89. The number of amides is 1. The molecular weight excluding hydrogens is 273 g/mol. The highest BCUT2D eigenvalue weighted by Crippen LogP contribution is 2.26. The number of anilines is 1. The van der Waals surface area contributed by atoms with Gasteiger partial charge in [0, 0.05) is 30.8 Å². The summed E-state index contributed by atoms with van der Waals surface area (Å²) < 4.78 is 33.8. The Labute approximate surface area is 109 Å². The number of pyridine rings is 1. The molecule has 1 fully saturated rings. The molecule has 8 heteroatoms. The zero-order chi connectivity index (χ0) is 14.0. The molecule has 0 aliphatic carbocycles. The summed E-state index contributed by atoms with van der Waals surface area (Å²) >= 11 is 0. The molecule has 1 saturated heterocycles. The van der Waals surface area contributed by atoms with Gasteiger partial charge in [-0.05, 0) is 12.1 Å². The van der Waals surface area contributed by atoms with Crippen LogP contribution in [0.4, 0.5) is 9.57 Å². The fourth-order valence-corrected chi connectivity index (χ4v) is 2.86. The number of hydrogen-bond acceptors (Lipinski definition) is 5. The van der Waals surface area contributed by atoms with Gasteiger partial charge >= 0.3 is 10.2 Å². The molecule has 1 aliphatic rings. The van der Waals surface area contributed by atoms with Crippen molar-refractivity contribution in [1.29, 1.82) is 5.26 Å². The Bertz CT molecular complexity index is 653. The van der Waals surface area contributed by atoms with E-state index in [-0.39, 0.29) is 24.6 Å². The predicted octanol–water partition coefficient (Wildman–Crippen LogP) is 0.605. The summed E-state index contributed by atoms with van der Waals surface area (Å²) in [6.45, 7) is 0.122. The van der Waals surface area contributed by atoms with Gasteiger partial charge in [0.25, 0.3) is 0 Å². The van der Waals surface area contributed by atoms with Crippen molar-refractivity contribution in [3.05, 3.63) is 24.0 Å². The standard InChI is InChI=1S/C11H10FN3O3S/c12-19(17,18)7-8-3-11(16)15(6-8)10-1-2-14-9(4-10)5-13/h1-2,4,8H,3,6-7H2. The Hall–Kier alpha value is -2.01. The molecule has 1 aliphatic heterocycles. The van der Waals surface area contributed by atoms with Crippen LogP contribution in [0.2, 0.25) is 0 Å². The first-order valence-corrected chi connectivity index (χ1v) is 7.03. The number of hydrogen-bond donors (Lipinski definition) is 0. The van der Waals surface area contributed by atoms with Gasteiger partial charge in [-0.3, -0.25) is 4.79 Å². The minimum Gasteiger partial charge on any atom is -0.312 e. The molecule has 1 aromatic rings. The summed E-state index contributed by atoms with van der Waals surface area (Å²) in [6, 6.07) is 4.83. The predicted molar refractivity (Wildman–Crippen MR) is 64.3 cm³/mol. The molecule has 0 radical (unpaired) electrons. The summed E-state index contributed by atoms with van der Waals surface area (Å²) in [6.07, 6.45) is 1.37. The van der Waals surface area contributed by atoms with Crippen LogP contribution in [-0.4, -0.2) is 31.6 Å². The van der Waals surface area contributed by atoms with Crippen LogP contribution in [0.1, 0.15) is 12.1 Å². The molecule has 1 aromatic heterocycles. The van der Waals surface area contributed by atoms with Gasteiger partial charge in [-0.15, -0.1) is 3.89 Å². The molecule has 1 amide bonds. The molecule has 2 heterocycles. The van der Waals surface area contributed by atoms with Gasteiger partial charge in [0.2, 0.25) is 5.91 Å². The van der Waals surface area contributed by atoms with Gasteiger partial charge in [-0.25, -0.2) is 4.98 Å². The highest BCUT2D eigenvalue weighted by Gasteiger charge is 2.33. The Kier molecular flexibility index (Phi) is 3.48. The molecule has 0 saturated carbocycles. The lowest BCUT2D eigenvalue weighted by atomic mass is 10.1. The molecule has 1 unspecified atom stereocenters. The summed E-state index contributed by atoms with van der Waals surface area (Å²) in [5.74, 6) is -1.52. The van der Waals surface area contributed by atoms with E-state index in [0.29, 0.717) is 5.69 Å². The first-order valence-electron chi connectivity index (χ1n) is 5.48. The Morgan fingerprint density at radius 1 is 1.58 bits per heavy atom. The third-order valence-electron chi connectivity index (χ3n) is 2.81. The van der Waals surface area contributed by atoms with E-state index < -0.39 is 21.9 Å². The lowest BCUT2D eigenvalue weighted by Crippen LogP contribution is -2.25. The summed E-state index contributed by atoms with van der Waals surface area (Å²) in [7, 11) is -4.59. The SMILES string of the molecule is N#Cc1cc(N2CC(CS(=O)(=O)F)CC2=O)ccn1. The van der Waals surface area contributed by atoms with Gasteiger partial charge in [0.05, 0.1) is 5.75 Å². The van der Waals surface area contributed by atoms with E-state index in [1.165, 1.54) is 17.2 Å². The van der Waals surface area contributed by atoms with Crippen molar-refractivity contribution in [3.63, 3.8) is 0 Å². The molecule has 1 atom stereocenters. The number of rotatable bonds is 3. The largest absolute Gasteiger partial charge is 0.312 e. The van der Waals surface area contributed by atoms with E-state index >= 15 is 0 Å². The van der Waals surface area contributed by atoms with Crippen molar-refractivity contribution < 1.29 is 17.1 Å². The van der Waals surface area contributed by atoms with Crippen molar-refractivity contribution in [1.82, 2.24) is 4.98 Å². The normalized spacial score (nSPS) is 19.5. The lowest BCUT2D eigenvalue weighted by molar-refractivity contribution is -0.117. The maximum Gasteiger partial charge on any atom is 0.302 e. The third kappa shape index (κ3) is 3.26. The van der Waals surface area contributed by atoms with Crippen LogP contribution in [0, 0.1) is 17.2 Å². The molecule has 6 nitrogen and oxygen atoms in total. The highest BCUT2D eigenvalue weighted by molar-refractivity contribution is 7.86. The topological polar surface area (TPSA) is 91.1 Å². The van der Waals surface area contributed by atoms with Crippen LogP contribution in [0.3, 0.4) is 0 Å². The average molecular weight is 283 g/mol. The van der Waals surface area contributed by atoms with Gasteiger partial charge in [0.15, 0.2) is 0 Å². The minimum absolute atomic E-state index is 0.0205. The third-order valence-corrected chi connectivity index (χ3v) is 3.68. The number of carbonyl (C=O) groups is 1. The molecule has 0 spiro atoms. The van der Waals surface area contributed by atoms with Crippen LogP contribution >= 0.6 is 0 Å². The van der Waals surface area contributed by atoms with Crippen molar-refractivity contribution in [2.24, 2.45) is 5.92 Å². The van der Waals surface area contributed by atoms with Gasteiger partial charge in [-0.2, -0.15) is 13.7 Å². The zero-order valence-corrected chi connectivity index (χ0v) is 10.6. The fourth-order valence-electron chi connectivity index (χ4n) is 2.07. The Balaban J connectivity index is 2.18. The van der Waals surface area contributed by atoms with Crippen molar-refractivity contribution in [3.8, 4) is 6.07 Å². The Morgan fingerprint density at radius 2 is 2.32 bits per heavy atom. The maximum atomic E-state index is 12.6. The maximum absolute atomic E-state index is 12.6. The van der Waals surface area contributed by atoms with Gasteiger partial charge < -0.3 is 4.90 Å². The second kappa shape index (κ2) is 4.93. The molecule has 0 aromatic carbocycles. The zero-order valence-electron chi connectivity index (χ0n) is 9.78. The van der Waals surface area contributed by atoms with E-state index in [1.54, 1.807) is 6.07 Å². The fraction of sp³-hybridized carbons (Fsp3) is 0.364. The summed E-state index contributed by atoms with van der Waals surface area (Å²) in [5, 5.41) is 8.73. The van der Waals surface area contributed by atoms with Crippen LogP contribution in [0.15, 0.2) is 18.3 Å². The molecule has 0 N–H and O–H groups in total. The van der Waals surface area contributed by atoms with Gasteiger partial charge in [-0.1, -0.05) is 0 Å². The van der Waals surface area contributed by atoms with E-state index in [1.807, 2.05) is 6.07 Å². The number of aromatic nitrogens is 1. The second-order valence-electron chi connectivity index (χ2n) is 4.29. The second-order valence-corrected chi connectivity index (χ2v) is 5.70. The number of nitriles is 1. The van der Waals surface area contributed by atoms with Crippen LogP contribution in [-0.2, 0) is 15.0 Å². The highest BCUT2D eigenvalue weighted by atomic mass is 32.3. The van der Waals surface area contributed by atoms with Crippen LogP contribution in [0.25, 0.3) is 0 Å². The number of carbonyl (C=O) groups excluding carboxylic acids is 1. The van der Waals surface area contributed by atoms with Crippen LogP contribution in [0.5, 0.6) is 0 Å². The van der Waals surface area contributed by atoms with Crippen molar-refractivity contribution in [2.45, 2.75) is 6.42 Å². The molecular formula is C11H10FN3O3S. The smallest absolute Gasteiger partial charge is 0.302 e. The Morgan fingerprint density at radius 3 is 2.95 bits per heavy atom. The van der Waals surface area contributed by atoms with Crippen molar-refractivity contribution >= 4 is 21.8 Å². The van der Waals surface area contributed by atoms with E-state index in [9.17, 15) is 17.1 Å². The van der Waals surface area contributed by atoms with Crippen LogP contribution < -0.4 is 4.90 Å². The summed E-state index contributed by atoms with van der Waals surface area (Å²) in [5.41, 5.74) is 0.627. The average Bonchev–Trinajstić information content (AvgIpc) is 2.68. The molecule has 19 heavy (non-hydrogen) atoms. The van der Waals surface area contributed by atoms with Gasteiger partial charge in [0.1, 0.15) is 11.8 Å². The number of halogens is 1. The minimum atomic E-state index is -4.59. The quantitative estimate of drug-likeness (QED) is 0.758. The molecule has 2 rings (SSSR count). The van der Waals surface area contributed by atoms with E-state index in [2.05, 4.69) is 4.98 Å². The van der Waals surface area contributed by atoms with E-state index in [4.69, 9.17) is 5.26 Å². The summed E-state index contributed by atoms with van der Waals surface area (Å²) in [4.78, 5) is 16.9. The first kappa shape index (κ1) is 13.4.